The molecular weight excluding hydrogens is 330 g/mol. The monoisotopic (exact) mass is 345 g/mol. The summed E-state index contributed by atoms with van der Waals surface area (Å²) in [5.41, 5.74) is 1.65. The number of pyridine rings is 1. The van der Waals surface area contributed by atoms with E-state index in [0.29, 0.717) is 17.5 Å². The highest BCUT2D eigenvalue weighted by Gasteiger charge is 2.11. The normalized spacial score (nSPS) is 12.2. The maximum atomic E-state index is 10.0. The Morgan fingerprint density at radius 1 is 1.21 bits per heavy atom. The van der Waals surface area contributed by atoms with E-state index in [1.54, 1.807) is 24.5 Å². The summed E-state index contributed by atoms with van der Waals surface area (Å²) in [6.07, 6.45) is 2.59. The molecule has 0 saturated carbocycles. The first-order chi connectivity index (χ1) is 11.7. The Kier molecular flexibility index (Phi) is 5.47. The Hall–Kier alpha value is -2.35. The first-order valence-corrected chi connectivity index (χ1v) is 7.77. The van der Waals surface area contributed by atoms with Gasteiger partial charge in [-0.25, -0.2) is 0 Å². The zero-order chi connectivity index (χ0) is 16.8. The minimum absolute atomic E-state index is 0.148. The van der Waals surface area contributed by atoms with Crippen LogP contribution in [0.5, 0.6) is 0 Å². The summed E-state index contributed by atoms with van der Waals surface area (Å²) in [6.45, 7) is 0.674. The molecule has 0 bridgehead atoms. The number of benzene rings is 1. The van der Waals surface area contributed by atoms with Crippen LogP contribution in [-0.2, 0) is 17.9 Å². The Labute approximate surface area is 143 Å². The Bertz CT molecular complexity index is 781. The van der Waals surface area contributed by atoms with Crippen molar-refractivity contribution in [3.63, 3.8) is 0 Å². The summed E-state index contributed by atoms with van der Waals surface area (Å²) in [4.78, 5) is 5.35. The standard InChI is InChI=1S/C16H16ClN5O2/c17-15-6-2-1-4-13(15)10-24-11-14(23)9-22-20-16(19-21-22)12-5-3-7-18-8-12/h1-8,14,23H,9-11H2. The Morgan fingerprint density at radius 2 is 2.08 bits per heavy atom. The number of halogens is 1. The summed E-state index contributed by atoms with van der Waals surface area (Å²) in [5.74, 6) is 0.465. The van der Waals surface area contributed by atoms with E-state index in [1.165, 1.54) is 4.80 Å². The molecule has 0 aliphatic heterocycles. The van der Waals surface area contributed by atoms with Crippen LogP contribution >= 0.6 is 11.6 Å². The minimum Gasteiger partial charge on any atom is -0.389 e. The van der Waals surface area contributed by atoms with Gasteiger partial charge in [-0.15, -0.1) is 10.2 Å². The van der Waals surface area contributed by atoms with E-state index >= 15 is 0 Å². The van der Waals surface area contributed by atoms with Crippen molar-refractivity contribution in [2.75, 3.05) is 6.61 Å². The summed E-state index contributed by atoms with van der Waals surface area (Å²) < 4.78 is 5.49. The number of nitrogens with zero attached hydrogens (tertiary/aromatic N) is 5. The Morgan fingerprint density at radius 3 is 2.88 bits per heavy atom. The van der Waals surface area contributed by atoms with Crippen molar-refractivity contribution in [1.29, 1.82) is 0 Å². The first kappa shape index (κ1) is 16.5. The van der Waals surface area contributed by atoms with Crippen molar-refractivity contribution in [3.05, 3.63) is 59.4 Å². The molecule has 2 heterocycles. The predicted octanol–water partition coefficient (Wildman–Crippen LogP) is 1.97. The average molecular weight is 346 g/mol. The maximum Gasteiger partial charge on any atom is 0.206 e. The van der Waals surface area contributed by atoms with Gasteiger partial charge in [0, 0.05) is 23.0 Å². The molecule has 3 rings (SSSR count). The molecule has 1 N–H and O–H groups in total. The SMILES string of the molecule is OC(COCc1ccccc1Cl)Cn1nnc(-c2cccnc2)n1. The highest BCUT2D eigenvalue weighted by molar-refractivity contribution is 6.31. The van der Waals surface area contributed by atoms with Gasteiger partial charge in [-0.2, -0.15) is 4.80 Å². The van der Waals surface area contributed by atoms with Crippen LogP contribution < -0.4 is 0 Å². The molecule has 124 valence electrons. The summed E-state index contributed by atoms with van der Waals surface area (Å²) in [7, 11) is 0. The molecule has 1 unspecified atom stereocenters. The second kappa shape index (κ2) is 7.96. The molecule has 0 radical (unpaired) electrons. The molecule has 3 aromatic rings. The van der Waals surface area contributed by atoms with Crippen molar-refractivity contribution in [1.82, 2.24) is 25.2 Å². The number of aromatic nitrogens is 5. The van der Waals surface area contributed by atoms with Gasteiger partial charge < -0.3 is 9.84 Å². The third kappa shape index (κ3) is 4.35. The van der Waals surface area contributed by atoms with Crippen LogP contribution in [0.15, 0.2) is 48.8 Å². The average Bonchev–Trinajstić information content (AvgIpc) is 3.06. The summed E-state index contributed by atoms with van der Waals surface area (Å²) in [6, 6.07) is 11.1. The van der Waals surface area contributed by atoms with Gasteiger partial charge in [-0.3, -0.25) is 4.98 Å². The summed E-state index contributed by atoms with van der Waals surface area (Å²) in [5, 5.41) is 22.8. The summed E-state index contributed by atoms with van der Waals surface area (Å²) >= 11 is 6.05. The zero-order valence-electron chi connectivity index (χ0n) is 12.8. The molecule has 1 aromatic carbocycles. The smallest absolute Gasteiger partial charge is 0.206 e. The number of rotatable bonds is 7. The molecule has 0 aliphatic carbocycles. The van der Waals surface area contributed by atoms with E-state index in [4.69, 9.17) is 16.3 Å². The van der Waals surface area contributed by atoms with Crippen molar-refractivity contribution >= 4 is 11.6 Å². The molecule has 0 amide bonds. The first-order valence-electron chi connectivity index (χ1n) is 7.40. The molecule has 1 atom stereocenters. The van der Waals surface area contributed by atoms with E-state index in [9.17, 15) is 5.11 Å². The van der Waals surface area contributed by atoms with Crippen molar-refractivity contribution in [3.8, 4) is 11.4 Å². The molecule has 0 spiro atoms. The largest absolute Gasteiger partial charge is 0.389 e. The zero-order valence-corrected chi connectivity index (χ0v) is 13.5. The number of hydrogen-bond donors (Lipinski definition) is 1. The van der Waals surface area contributed by atoms with E-state index in [-0.39, 0.29) is 13.2 Å². The van der Waals surface area contributed by atoms with E-state index < -0.39 is 6.10 Å². The van der Waals surface area contributed by atoms with E-state index in [2.05, 4.69) is 20.4 Å². The minimum atomic E-state index is -0.747. The lowest BCUT2D eigenvalue weighted by molar-refractivity contribution is 0.0165. The number of aliphatic hydroxyl groups is 1. The predicted molar refractivity (Wildman–Crippen MR) is 88.2 cm³/mol. The maximum absolute atomic E-state index is 10.0. The fraction of sp³-hybridized carbons (Fsp3) is 0.250. The molecular formula is C16H16ClN5O2. The van der Waals surface area contributed by atoms with Gasteiger partial charge in [0.2, 0.25) is 5.82 Å². The van der Waals surface area contributed by atoms with Crippen molar-refractivity contribution in [2.24, 2.45) is 0 Å². The molecule has 7 nitrogen and oxygen atoms in total. The van der Waals surface area contributed by atoms with Gasteiger partial charge in [-0.05, 0) is 29.0 Å². The van der Waals surface area contributed by atoms with Crippen LogP contribution in [0.1, 0.15) is 5.56 Å². The fourth-order valence-corrected chi connectivity index (χ4v) is 2.28. The molecule has 24 heavy (non-hydrogen) atoms. The van der Waals surface area contributed by atoms with Crippen LogP contribution in [0.4, 0.5) is 0 Å². The molecule has 2 aromatic heterocycles. The number of aliphatic hydroxyl groups excluding tert-OH is 1. The van der Waals surface area contributed by atoms with Crippen molar-refractivity contribution < 1.29 is 9.84 Å². The Balaban J connectivity index is 1.50. The lowest BCUT2D eigenvalue weighted by Gasteiger charge is -2.11. The van der Waals surface area contributed by atoms with Crippen LogP contribution in [0.2, 0.25) is 5.02 Å². The van der Waals surface area contributed by atoms with Gasteiger partial charge in [0.15, 0.2) is 0 Å². The highest BCUT2D eigenvalue weighted by atomic mass is 35.5. The molecule has 0 saturated heterocycles. The molecule has 8 heteroatoms. The third-order valence-corrected chi connectivity index (χ3v) is 3.64. The van der Waals surface area contributed by atoms with Crippen molar-refractivity contribution in [2.45, 2.75) is 19.3 Å². The number of tetrazole rings is 1. The molecule has 0 aliphatic rings. The highest BCUT2D eigenvalue weighted by Crippen LogP contribution is 2.15. The van der Waals surface area contributed by atoms with Gasteiger partial charge in [-0.1, -0.05) is 29.8 Å². The number of ether oxygens (including phenoxy) is 1. The van der Waals surface area contributed by atoms with Gasteiger partial charge in [0.1, 0.15) is 0 Å². The second-order valence-corrected chi connectivity index (χ2v) is 5.58. The van der Waals surface area contributed by atoms with E-state index in [0.717, 1.165) is 11.1 Å². The second-order valence-electron chi connectivity index (χ2n) is 5.17. The van der Waals surface area contributed by atoms with Crippen LogP contribution in [0.25, 0.3) is 11.4 Å². The lowest BCUT2D eigenvalue weighted by atomic mass is 10.2. The molecule has 0 fully saturated rings. The quantitative estimate of drug-likeness (QED) is 0.704. The topological polar surface area (TPSA) is 86.0 Å². The van der Waals surface area contributed by atoms with Crippen LogP contribution in [0, 0.1) is 0 Å². The van der Waals surface area contributed by atoms with Gasteiger partial charge in [0.05, 0.1) is 25.9 Å². The van der Waals surface area contributed by atoms with E-state index in [1.807, 2.05) is 24.3 Å². The van der Waals surface area contributed by atoms with Gasteiger partial charge >= 0.3 is 0 Å². The number of hydrogen-bond acceptors (Lipinski definition) is 6. The lowest BCUT2D eigenvalue weighted by Crippen LogP contribution is -2.23. The fourth-order valence-electron chi connectivity index (χ4n) is 2.09. The van der Waals surface area contributed by atoms with Crippen LogP contribution in [0.3, 0.4) is 0 Å². The van der Waals surface area contributed by atoms with Crippen LogP contribution in [-0.4, -0.2) is 43.0 Å². The van der Waals surface area contributed by atoms with Gasteiger partial charge in [0.25, 0.3) is 0 Å². The third-order valence-electron chi connectivity index (χ3n) is 3.27.